The van der Waals surface area contributed by atoms with Crippen LogP contribution in [0.2, 0.25) is 0 Å². The van der Waals surface area contributed by atoms with Gasteiger partial charge in [-0.3, -0.25) is 0 Å². The summed E-state index contributed by atoms with van der Waals surface area (Å²) in [5.74, 6) is 0. The fourth-order valence-electron chi connectivity index (χ4n) is 2.81. The molecule has 16 heavy (non-hydrogen) atoms. The van der Waals surface area contributed by atoms with Gasteiger partial charge >= 0.3 is 0 Å². The number of nitrogens with two attached hydrogens (primary N) is 1. The van der Waals surface area contributed by atoms with Crippen molar-refractivity contribution in [3.8, 4) is 0 Å². The van der Waals surface area contributed by atoms with E-state index in [0.29, 0.717) is 0 Å². The van der Waals surface area contributed by atoms with Crippen LogP contribution in [0.15, 0.2) is 18.2 Å². The minimum Gasteiger partial charge on any atom is -0.376 e. The summed E-state index contributed by atoms with van der Waals surface area (Å²) < 4.78 is 5.46. The van der Waals surface area contributed by atoms with E-state index >= 15 is 0 Å². The molecule has 1 aromatic rings. The van der Waals surface area contributed by atoms with Crippen molar-refractivity contribution in [2.24, 2.45) is 5.73 Å². The molecule has 0 amide bonds. The summed E-state index contributed by atoms with van der Waals surface area (Å²) in [5.41, 5.74) is 10.7. The van der Waals surface area contributed by atoms with Gasteiger partial charge in [-0.2, -0.15) is 0 Å². The van der Waals surface area contributed by atoms with Gasteiger partial charge in [0.25, 0.3) is 0 Å². The lowest BCUT2D eigenvalue weighted by atomic mass is 9.86. The summed E-state index contributed by atoms with van der Waals surface area (Å²) in [6.07, 6.45) is 3.55. The van der Waals surface area contributed by atoms with Gasteiger partial charge in [-0.1, -0.05) is 18.2 Å². The van der Waals surface area contributed by atoms with E-state index in [9.17, 15) is 0 Å². The third kappa shape index (κ3) is 1.48. The zero-order chi connectivity index (χ0) is 11.2. The normalized spacial score (nSPS) is 23.6. The molecule has 2 nitrogen and oxygen atoms in total. The van der Waals surface area contributed by atoms with Gasteiger partial charge in [-0.15, -0.1) is 0 Å². The van der Waals surface area contributed by atoms with Crippen LogP contribution in [0.5, 0.6) is 0 Å². The van der Waals surface area contributed by atoms with Crippen molar-refractivity contribution >= 4 is 0 Å². The van der Waals surface area contributed by atoms with Gasteiger partial charge in [0.1, 0.15) is 0 Å². The molecule has 0 saturated heterocycles. The Bertz CT molecular complexity index is 407. The van der Waals surface area contributed by atoms with Crippen LogP contribution in [0.4, 0.5) is 0 Å². The first kappa shape index (κ1) is 10.3. The molecule has 1 fully saturated rings. The Labute approximate surface area is 96.8 Å². The van der Waals surface area contributed by atoms with E-state index in [0.717, 1.165) is 19.6 Å². The first-order valence-electron chi connectivity index (χ1n) is 6.18. The van der Waals surface area contributed by atoms with Crippen LogP contribution in [0.3, 0.4) is 0 Å². The van der Waals surface area contributed by atoms with Gasteiger partial charge in [0.15, 0.2) is 0 Å². The number of ether oxygens (including phenoxy) is 1. The Hall–Kier alpha value is -0.860. The van der Waals surface area contributed by atoms with E-state index in [1.807, 2.05) is 0 Å². The SMILES string of the molecule is CC(N)C1(c2ccc3c(c2)CCOC3)CC1. The number of benzene rings is 1. The highest BCUT2D eigenvalue weighted by Crippen LogP contribution is 2.50. The molecule has 2 heteroatoms. The Balaban J connectivity index is 1.97. The molecule has 1 heterocycles. The van der Waals surface area contributed by atoms with Gasteiger partial charge in [-0.25, -0.2) is 0 Å². The van der Waals surface area contributed by atoms with E-state index in [1.165, 1.54) is 29.5 Å². The Morgan fingerprint density at radius 3 is 2.81 bits per heavy atom. The topological polar surface area (TPSA) is 35.2 Å². The summed E-state index contributed by atoms with van der Waals surface area (Å²) >= 11 is 0. The summed E-state index contributed by atoms with van der Waals surface area (Å²) in [6, 6.07) is 7.12. The minimum atomic E-state index is 0.269. The maximum Gasteiger partial charge on any atom is 0.0719 e. The zero-order valence-corrected chi connectivity index (χ0v) is 9.83. The molecule has 0 bridgehead atoms. The molecule has 0 spiro atoms. The van der Waals surface area contributed by atoms with E-state index in [1.54, 1.807) is 0 Å². The van der Waals surface area contributed by atoms with Crippen molar-refractivity contribution in [1.82, 2.24) is 0 Å². The molecular weight excluding hydrogens is 198 g/mol. The van der Waals surface area contributed by atoms with Crippen molar-refractivity contribution < 1.29 is 4.74 Å². The van der Waals surface area contributed by atoms with Crippen molar-refractivity contribution in [2.45, 2.75) is 44.2 Å². The van der Waals surface area contributed by atoms with Gasteiger partial charge in [-0.05, 0) is 42.9 Å². The van der Waals surface area contributed by atoms with E-state index in [-0.39, 0.29) is 11.5 Å². The second kappa shape index (κ2) is 3.57. The maximum absolute atomic E-state index is 6.12. The van der Waals surface area contributed by atoms with Crippen molar-refractivity contribution in [3.63, 3.8) is 0 Å². The van der Waals surface area contributed by atoms with Crippen LogP contribution in [0.25, 0.3) is 0 Å². The lowest BCUT2D eigenvalue weighted by Crippen LogP contribution is -2.31. The molecule has 0 aromatic heterocycles. The number of fused-ring (bicyclic) bond motifs is 1. The highest BCUT2D eigenvalue weighted by atomic mass is 16.5. The van der Waals surface area contributed by atoms with Crippen LogP contribution < -0.4 is 5.73 Å². The number of hydrogen-bond donors (Lipinski definition) is 1. The number of hydrogen-bond acceptors (Lipinski definition) is 2. The first-order valence-corrected chi connectivity index (χ1v) is 6.18. The monoisotopic (exact) mass is 217 g/mol. The van der Waals surface area contributed by atoms with E-state index in [2.05, 4.69) is 25.1 Å². The second-order valence-electron chi connectivity index (χ2n) is 5.23. The average Bonchev–Trinajstić information content (AvgIpc) is 3.09. The molecule has 3 rings (SSSR count). The van der Waals surface area contributed by atoms with E-state index < -0.39 is 0 Å². The highest BCUT2D eigenvalue weighted by Gasteiger charge is 2.47. The standard InChI is InChI=1S/C14H19NO/c1-10(15)14(5-6-14)13-3-2-12-9-16-7-4-11(12)8-13/h2-3,8,10H,4-7,9,15H2,1H3. The molecule has 1 aliphatic carbocycles. The third-order valence-electron chi connectivity index (χ3n) is 4.21. The zero-order valence-electron chi connectivity index (χ0n) is 9.83. The first-order chi connectivity index (χ1) is 7.72. The number of rotatable bonds is 2. The quantitative estimate of drug-likeness (QED) is 0.823. The second-order valence-corrected chi connectivity index (χ2v) is 5.23. The summed E-state index contributed by atoms with van der Waals surface area (Å²) in [6.45, 7) is 3.78. The minimum absolute atomic E-state index is 0.269. The van der Waals surface area contributed by atoms with Gasteiger partial charge in [0.2, 0.25) is 0 Å². The molecular formula is C14H19NO. The van der Waals surface area contributed by atoms with Crippen molar-refractivity contribution in [2.75, 3.05) is 6.61 Å². The van der Waals surface area contributed by atoms with Crippen molar-refractivity contribution in [3.05, 3.63) is 34.9 Å². The Morgan fingerprint density at radius 2 is 2.12 bits per heavy atom. The predicted molar refractivity (Wildman–Crippen MR) is 64.4 cm³/mol. The van der Waals surface area contributed by atoms with E-state index in [4.69, 9.17) is 10.5 Å². The van der Waals surface area contributed by atoms with Crippen LogP contribution in [-0.2, 0) is 23.2 Å². The fourth-order valence-corrected chi connectivity index (χ4v) is 2.81. The lowest BCUT2D eigenvalue weighted by Gasteiger charge is -2.23. The predicted octanol–water partition coefficient (Wildman–Crippen LogP) is 2.14. The van der Waals surface area contributed by atoms with Crippen LogP contribution in [0, 0.1) is 0 Å². The molecule has 1 unspecified atom stereocenters. The highest BCUT2D eigenvalue weighted by molar-refractivity contribution is 5.40. The van der Waals surface area contributed by atoms with Gasteiger partial charge in [0, 0.05) is 11.5 Å². The van der Waals surface area contributed by atoms with Gasteiger partial charge < -0.3 is 10.5 Å². The summed E-state index contributed by atoms with van der Waals surface area (Å²) in [5, 5.41) is 0. The Morgan fingerprint density at radius 1 is 1.31 bits per heavy atom. The molecule has 2 N–H and O–H groups in total. The smallest absolute Gasteiger partial charge is 0.0719 e. The largest absolute Gasteiger partial charge is 0.376 e. The Kier molecular flexibility index (Phi) is 2.30. The van der Waals surface area contributed by atoms with Crippen LogP contribution in [-0.4, -0.2) is 12.6 Å². The average molecular weight is 217 g/mol. The third-order valence-corrected chi connectivity index (χ3v) is 4.21. The lowest BCUT2D eigenvalue weighted by molar-refractivity contribution is 0.110. The molecule has 2 aliphatic rings. The summed E-state index contributed by atoms with van der Waals surface area (Å²) in [7, 11) is 0. The molecule has 86 valence electrons. The van der Waals surface area contributed by atoms with Crippen LogP contribution in [0.1, 0.15) is 36.5 Å². The fraction of sp³-hybridized carbons (Fsp3) is 0.571. The summed E-state index contributed by atoms with van der Waals surface area (Å²) in [4.78, 5) is 0. The van der Waals surface area contributed by atoms with Crippen LogP contribution >= 0.6 is 0 Å². The molecule has 1 aromatic carbocycles. The van der Waals surface area contributed by atoms with Crippen molar-refractivity contribution in [1.29, 1.82) is 0 Å². The molecule has 1 atom stereocenters. The maximum atomic E-state index is 6.12. The van der Waals surface area contributed by atoms with Gasteiger partial charge in [0.05, 0.1) is 13.2 Å². The molecule has 0 radical (unpaired) electrons. The molecule has 1 aliphatic heterocycles. The molecule has 1 saturated carbocycles.